The zero-order chi connectivity index (χ0) is 39.3. The Hall–Kier alpha value is -3.86. The minimum absolute atomic E-state index is 0.572. The molecule has 24 heteroatoms. The molecular weight excluding hydrogens is 759 g/mol. The number of ether oxygens (including phenoxy) is 1. The molecule has 0 heterocycles. The van der Waals surface area contributed by atoms with Gasteiger partial charge in [0.05, 0.1) is 17.2 Å². The Morgan fingerprint density at radius 1 is 0.680 bits per heavy atom. The summed E-state index contributed by atoms with van der Waals surface area (Å²) in [7, 11) is 0. The number of aliphatic hydroxyl groups excluding tert-OH is 1. The van der Waals surface area contributed by atoms with E-state index >= 15 is 22.0 Å². The number of hydrogen-bond donors (Lipinski definition) is 1. The zero-order valence-electron chi connectivity index (χ0n) is 23.4. The molecule has 0 radical (unpaired) electrons. The molecule has 1 aliphatic carbocycles. The van der Waals surface area contributed by atoms with Crippen molar-refractivity contribution in [1.82, 2.24) is 0 Å². The summed E-state index contributed by atoms with van der Waals surface area (Å²) in [6, 6.07) is 0. The Kier molecular flexibility index (Phi) is 9.62. The van der Waals surface area contributed by atoms with Gasteiger partial charge in [-0.05, 0) is 6.92 Å². The van der Waals surface area contributed by atoms with Gasteiger partial charge < -0.3 is 9.84 Å². The van der Waals surface area contributed by atoms with Crippen LogP contribution in [0.1, 0.15) is 30.0 Å². The van der Waals surface area contributed by atoms with Gasteiger partial charge in [-0.2, -0.15) is 57.1 Å². The molecule has 0 bridgehead atoms. The van der Waals surface area contributed by atoms with Gasteiger partial charge in [-0.1, -0.05) is 6.58 Å². The summed E-state index contributed by atoms with van der Waals surface area (Å²) in [4.78, 5) is 11.2. The number of aliphatic hydroxyl groups is 1. The number of carbonyl (C=O) groups is 1. The first-order valence-electron chi connectivity index (χ1n) is 12.4. The zero-order valence-corrected chi connectivity index (χ0v) is 23.4. The van der Waals surface area contributed by atoms with E-state index in [1.165, 1.54) is 0 Å². The Labute approximate surface area is 261 Å². The van der Waals surface area contributed by atoms with Gasteiger partial charge in [0.2, 0.25) is 0 Å². The second-order valence-corrected chi connectivity index (χ2v) is 10.5. The highest BCUT2D eigenvalue weighted by atomic mass is 19.4. The summed E-state index contributed by atoms with van der Waals surface area (Å²) in [5.74, 6) is -65.9. The topological polar surface area (TPSA) is 46.5 Å². The third-order valence-corrected chi connectivity index (χ3v) is 7.13. The molecule has 0 aliphatic heterocycles. The SMILES string of the molecule is C=C(C)C(=O)OCC(O)CC(F)(F)C(F)(F)C(F)(F)C(F)(F)C(F)(c1c(F)c(F)c(F)c2c1C(F)(F)c1c(F)c(F)c(F)c(F)c1-2)C(F)(F)F. The minimum Gasteiger partial charge on any atom is -0.460 e. The van der Waals surface area contributed by atoms with Crippen LogP contribution in [0.3, 0.4) is 0 Å². The Balaban J connectivity index is 2.42. The Bertz CT molecular complexity index is 1760. The van der Waals surface area contributed by atoms with Crippen LogP contribution in [0.5, 0.6) is 0 Å². The summed E-state index contributed by atoms with van der Waals surface area (Å²) >= 11 is 0. The Morgan fingerprint density at radius 2 is 1.10 bits per heavy atom. The van der Waals surface area contributed by atoms with Gasteiger partial charge in [0.15, 0.2) is 40.7 Å². The van der Waals surface area contributed by atoms with Crippen LogP contribution in [-0.2, 0) is 21.1 Å². The first kappa shape index (κ1) is 40.6. The molecule has 2 unspecified atom stereocenters. The smallest absolute Gasteiger partial charge is 0.433 e. The summed E-state index contributed by atoms with van der Waals surface area (Å²) < 4.78 is 311. The lowest BCUT2D eigenvalue weighted by molar-refractivity contribution is -0.421. The van der Waals surface area contributed by atoms with E-state index in [0.717, 1.165) is 6.92 Å². The van der Waals surface area contributed by atoms with E-state index in [-0.39, 0.29) is 0 Å². The molecule has 280 valence electrons. The molecule has 0 spiro atoms. The number of fused-ring (bicyclic) bond motifs is 3. The van der Waals surface area contributed by atoms with Crippen LogP contribution in [-0.4, -0.2) is 53.7 Å². The van der Waals surface area contributed by atoms with Crippen molar-refractivity contribution < 1.29 is 107 Å². The quantitative estimate of drug-likeness (QED) is 0.0864. The van der Waals surface area contributed by atoms with Crippen LogP contribution in [0.15, 0.2) is 12.2 Å². The lowest BCUT2D eigenvalue weighted by Gasteiger charge is -2.44. The molecular formula is C26H11F21O3. The Morgan fingerprint density at radius 3 is 1.54 bits per heavy atom. The standard InChI is InChI=1S/C26H11F21O3/c1-5(2)19(49)50-4-6(48)3-20(34,35)23(39,40)25(43,44)24(41,42)22(38,26(45,46)47)11-9-7(12(27)16(31)15(11)30)8-10(21(9,36)37)14(29)18(33)17(32)13(8)28/h6,48H,1,3-4H2,2H3. The van der Waals surface area contributed by atoms with E-state index < -0.39 is 141 Å². The molecule has 1 N–H and O–H groups in total. The molecule has 0 saturated carbocycles. The molecule has 2 aromatic carbocycles. The van der Waals surface area contributed by atoms with Crippen molar-refractivity contribution in [2.24, 2.45) is 0 Å². The van der Waals surface area contributed by atoms with Crippen LogP contribution in [0, 0.1) is 40.7 Å². The fraction of sp³-hybridized carbons (Fsp3) is 0.423. The molecule has 2 aromatic rings. The van der Waals surface area contributed by atoms with Crippen molar-refractivity contribution in [3.8, 4) is 11.1 Å². The predicted octanol–water partition coefficient (Wildman–Crippen LogP) is 8.92. The van der Waals surface area contributed by atoms with Crippen molar-refractivity contribution in [1.29, 1.82) is 0 Å². The lowest BCUT2D eigenvalue weighted by atomic mass is 9.77. The van der Waals surface area contributed by atoms with Crippen molar-refractivity contribution >= 4 is 5.97 Å². The number of benzene rings is 2. The number of carbonyl (C=O) groups excluding carboxylic acids is 1. The summed E-state index contributed by atoms with van der Waals surface area (Å²) in [6.07, 6.45) is -14.8. The second-order valence-electron chi connectivity index (χ2n) is 10.5. The van der Waals surface area contributed by atoms with E-state index in [2.05, 4.69) is 11.3 Å². The molecule has 1 aliphatic rings. The van der Waals surface area contributed by atoms with Gasteiger partial charge in [-0.15, -0.1) is 0 Å². The minimum atomic E-state index is -8.81. The van der Waals surface area contributed by atoms with Gasteiger partial charge in [-0.25, -0.2) is 39.9 Å². The fourth-order valence-corrected chi connectivity index (χ4v) is 4.72. The van der Waals surface area contributed by atoms with Crippen molar-refractivity contribution in [3.05, 3.63) is 69.6 Å². The summed E-state index contributed by atoms with van der Waals surface area (Å²) in [5, 5.41) is 9.41. The van der Waals surface area contributed by atoms with Gasteiger partial charge in [-0.3, -0.25) is 0 Å². The van der Waals surface area contributed by atoms with Crippen molar-refractivity contribution in [2.75, 3.05) is 6.61 Å². The van der Waals surface area contributed by atoms with Crippen molar-refractivity contribution in [3.63, 3.8) is 0 Å². The van der Waals surface area contributed by atoms with Crippen LogP contribution >= 0.6 is 0 Å². The first-order chi connectivity index (χ1) is 22.2. The largest absolute Gasteiger partial charge is 0.460 e. The third-order valence-electron chi connectivity index (χ3n) is 7.13. The van der Waals surface area contributed by atoms with Crippen LogP contribution in [0.2, 0.25) is 0 Å². The van der Waals surface area contributed by atoms with E-state index in [1.807, 2.05) is 0 Å². The van der Waals surface area contributed by atoms with Gasteiger partial charge in [0.1, 0.15) is 6.61 Å². The average molecular weight is 770 g/mol. The number of esters is 1. The molecule has 0 aromatic heterocycles. The number of alkyl halides is 14. The first-order valence-corrected chi connectivity index (χ1v) is 12.4. The highest BCUT2D eigenvalue weighted by Crippen LogP contribution is 2.67. The normalized spacial score (nSPS) is 16.9. The molecule has 3 rings (SSSR count). The molecule has 0 fully saturated rings. The maximum absolute atomic E-state index is 15.9. The fourth-order valence-electron chi connectivity index (χ4n) is 4.72. The second kappa shape index (κ2) is 11.9. The maximum Gasteiger partial charge on any atom is 0.433 e. The number of rotatable bonds is 10. The summed E-state index contributed by atoms with van der Waals surface area (Å²) in [5.41, 5.74) is -27.1. The predicted molar refractivity (Wildman–Crippen MR) is 120 cm³/mol. The van der Waals surface area contributed by atoms with E-state index in [4.69, 9.17) is 0 Å². The van der Waals surface area contributed by atoms with Crippen LogP contribution < -0.4 is 0 Å². The highest BCUT2D eigenvalue weighted by Gasteiger charge is 2.90. The monoisotopic (exact) mass is 770 g/mol. The highest BCUT2D eigenvalue weighted by molar-refractivity contribution is 5.87. The van der Waals surface area contributed by atoms with E-state index in [1.54, 1.807) is 0 Å². The van der Waals surface area contributed by atoms with Gasteiger partial charge in [0, 0.05) is 28.7 Å². The number of halogens is 21. The average Bonchev–Trinajstić information content (AvgIpc) is 3.22. The maximum atomic E-state index is 15.9. The molecule has 0 saturated heterocycles. The van der Waals surface area contributed by atoms with E-state index in [9.17, 15) is 80.1 Å². The van der Waals surface area contributed by atoms with Gasteiger partial charge in [0.25, 0.3) is 0 Å². The van der Waals surface area contributed by atoms with E-state index in [0.29, 0.717) is 0 Å². The molecule has 2 atom stereocenters. The van der Waals surface area contributed by atoms with Crippen LogP contribution in [0.25, 0.3) is 11.1 Å². The summed E-state index contributed by atoms with van der Waals surface area (Å²) in [6.45, 7) is 1.94. The lowest BCUT2D eigenvalue weighted by Crippen LogP contribution is -2.70. The third kappa shape index (κ3) is 5.25. The molecule has 3 nitrogen and oxygen atoms in total. The van der Waals surface area contributed by atoms with Crippen LogP contribution in [0.4, 0.5) is 92.2 Å². The number of hydrogen-bond acceptors (Lipinski definition) is 3. The van der Waals surface area contributed by atoms with Gasteiger partial charge >= 0.3 is 47.4 Å². The molecule has 0 amide bonds. The van der Waals surface area contributed by atoms with Crippen molar-refractivity contribution in [2.45, 2.75) is 60.9 Å². The molecule has 50 heavy (non-hydrogen) atoms.